The second kappa shape index (κ2) is 5.29. The molecule has 98 valence electrons. The molecule has 0 saturated carbocycles. The Bertz CT molecular complexity index is 432. The van der Waals surface area contributed by atoms with E-state index in [0.717, 1.165) is 18.0 Å². The van der Waals surface area contributed by atoms with E-state index in [4.69, 9.17) is 16.7 Å². The number of carboxylic acids is 1. The summed E-state index contributed by atoms with van der Waals surface area (Å²) in [6, 6.07) is 8.07. The molecule has 1 fully saturated rings. The predicted octanol–water partition coefficient (Wildman–Crippen LogP) is 3.20. The number of benzene rings is 1. The SMILES string of the molecule is CC(c1ccc(Cl)cc1)N1CCC(C(=O)O)C1C. The molecule has 3 nitrogen and oxygen atoms in total. The second-order valence-electron chi connectivity index (χ2n) is 4.94. The van der Waals surface area contributed by atoms with E-state index in [2.05, 4.69) is 11.8 Å². The number of halogens is 1. The summed E-state index contributed by atoms with van der Waals surface area (Å²) in [5, 5.41) is 9.87. The van der Waals surface area contributed by atoms with Gasteiger partial charge in [-0.25, -0.2) is 0 Å². The zero-order valence-corrected chi connectivity index (χ0v) is 11.4. The molecule has 0 aromatic heterocycles. The molecule has 1 aromatic carbocycles. The van der Waals surface area contributed by atoms with Gasteiger partial charge in [0.1, 0.15) is 0 Å². The summed E-state index contributed by atoms with van der Waals surface area (Å²) in [6.07, 6.45) is 0.731. The molecule has 3 atom stereocenters. The van der Waals surface area contributed by atoms with Gasteiger partial charge in [0, 0.05) is 17.1 Å². The largest absolute Gasteiger partial charge is 0.481 e. The fourth-order valence-electron chi connectivity index (χ4n) is 2.77. The van der Waals surface area contributed by atoms with Crippen molar-refractivity contribution >= 4 is 17.6 Å². The summed E-state index contributed by atoms with van der Waals surface area (Å²) in [5.41, 5.74) is 1.18. The molecule has 18 heavy (non-hydrogen) atoms. The Morgan fingerprint density at radius 2 is 2.06 bits per heavy atom. The third kappa shape index (κ3) is 2.52. The first kappa shape index (κ1) is 13.4. The highest BCUT2D eigenvalue weighted by molar-refractivity contribution is 6.30. The predicted molar refractivity (Wildman–Crippen MR) is 71.8 cm³/mol. The van der Waals surface area contributed by atoms with Gasteiger partial charge in [-0.2, -0.15) is 0 Å². The van der Waals surface area contributed by atoms with Gasteiger partial charge in [0.05, 0.1) is 5.92 Å². The minimum Gasteiger partial charge on any atom is -0.481 e. The van der Waals surface area contributed by atoms with Crippen molar-refractivity contribution in [2.24, 2.45) is 5.92 Å². The van der Waals surface area contributed by atoms with Crippen LogP contribution in [0.5, 0.6) is 0 Å². The van der Waals surface area contributed by atoms with Crippen LogP contribution in [0.1, 0.15) is 31.9 Å². The molecule has 2 rings (SSSR count). The summed E-state index contributed by atoms with van der Waals surface area (Å²) in [7, 11) is 0. The Morgan fingerprint density at radius 1 is 1.44 bits per heavy atom. The van der Waals surface area contributed by atoms with E-state index >= 15 is 0 Å². The Morgan fingerprint density at radius 3 is 2.56 bits per heavy atom. The van der Waals surface area contributed by atoms with Crippen LogP contribution in [0.15, 0.2) is 24.3 Å². The molecule has 0 radical (unpaired) electrons. The topological polar surface area (TPSA) is 40.5 Å². The number of carboxylic acid groups (broad SMARTS) is 1. The molecule has 0 bridgehead atoms. The first-order chi connectivity index (χ1) is 8.50. The summed E-state index contributed by atoms with van der Waals surface area (Å²) in [6.45, 7) is 4.95. The highest BCUT2D eigenvalue weighted by Gasteiger charge is 2.37. The number of hydrogen-bond acceptors (Lipinski definition) is 2. The molecular formula is C14H18ClNO2. The van der Waals surface area contributed by atoms with Gasteiger partial charge in [-0.15, -0.1) is 0 Å². The zero-order valence-electron chi connectivity index (χ0n) is 10.6. The average Bonchev–Trinajstić information content (AvgIpc) is 2.71. The number of nitrogens with zero attached hydrogens (tertiary/aromatic N) is 1. The fraction of sp³-hybridized carbons (Fsp3) is 0.500. The Kier molecular flexibility index (Phi) is 3.93. The van der Waals surface area contributed by atoms with Gasteiger partial charge in [-0.3, -0.25) is 9.69 Å². The molecule has 1 heterocycles. The van der Waals surface area contributed by atoms with Crippen LogP contribution in [0.25, 0.3) is 0 Å². The van der Waals surface area contributed by atoms with Crippen LogP contribution in [0.2, 0.25) is 5.02 Å². The Balaban J connectivity index is 2.13. The van der Waals surface area contributed by atoms with E-state index < -0.39 is 5.97 Å². The average molecular weight is 268 g/mol. The van der Waals surface area contributed by atoms with Gasteiger partial charge in [-0.1, -0.05) is 23.7 Å². The minimum atomic E-state index is -0.687. The number of hydrogen-bond donors (Lipinski definition) is 1. The van der Waals surface area contributed by atoms with Crippen LogP contribution in [-0.4, -0.2) is 28.6 Å². The lowest BCUT2D eigenvalue weighted by Crippen LogP contribution is -2.34. The van der Waals surface area contributed by atoms with Crippen molar-refractivity contribution in [3.8, 4) is 0 Å². The van der Waals surface area contributed by atoms with Crippen LogP contribution >= 0.6 is 11.6 Å². The lowest BCUT2D eigenvalue weighted by atomic mass is 10.0. The molecule has 1 aliphatic heterocycles. The van der Waals surface area contributed by atoms with Gasteiger partial charge in [0.25, 0.3) is 0 Å². The first-order valence-corrected chi connectivity index (χ1v) is 6.62. The van der Waals surface area contributed by atoms with Gasteiger partial charge in [-0.05, 0) is 44.5 Å². The van der Waals surface area contributed by atoms with Crippen molar-refractivity contribution in [1.82, 2.24) is 4.90 Å². The molecule has 1 N–H and O–H groups in total. The van der Waals surface area contributed by atoms with Crippen molar-refractivity contribution in [3.63, 3.8) is 0 Å². The smallest absolute Gasteiger partial charge is 0.308 e. The van der Waals surface area contributed by atoms with E-state index in [-0.39, 0.29) is 18.0 Å². The van der Waals surface area contributed by atoms with Crippen molar-refractivity contribution in [2.75, 3.05) is 6.54 Å². The van der Waals surface area contributed by atoms with Crippen LogP contribution < -0.4 is 0 Å². The van der Waals surface area contributed by atoms with Gasteiger partial charge in [0.2, 0.25) is 0 Å². The number of likely N-dealkylation sites (tertiary alicyclic amines) is 1. The third-order valence-electron chi connectivity index (χ3n) is 3.97. The third-order valence-corrected chi connectivity index (χ3v) is 4.22. The maximum absolute atomic E-state index is 11.1. The van der Waals surface area contributed by atoms with Crippen LogP contribution in [0, 0.1) is 5.92 Å². The van der Waals surface area contributed by atoms with E-state index in [1.165, 1.54) is 5.56 Å². The van der Waals surface area contributed by atoms with Crippen LogP contribution in [0.4, 0.5) is 0 Å². The first-order valence-electron chi connectivity index (χ1n) is 6.24. The van der Waals surface area contributed by atoms with Gasteiger partial charge < -0.3 is 5.11 Å². The Hall–Kier alpha value is -1.06. The lowest BCUT2D eigenvalue weighted by Gasteiger charge is -2.30. The van der Waals surface area contributed by atoms with E-state index in [0.29, 0.717) is 0 Å². The van der Waals surface area contributed by atoms with Gasteiger partial charge >= 0.3 is 5.97 Å². The van der Waals surface area contributed by atoms with Crippen molar-refractivity contribution in [2.45, 2.75) is 32.4 Å². The molecule has 1 aliphatic rings. The van der Waals surface area contributed by atoms with Crippen molar-refractivity contribution in [1.29, 1.82) is 0 Å². The summed E-state index contributed by atoms with van der Waals surface area (Å²) in [4.78, 5) is 13.4. The number of rotatable bonds is 3. The van der Waals surface area contributed by atoms with Crippen molar-refractivity contribution < 1.29 is 9.90 Å². The van der Waals surface area contributed by atoms with E-state index in [9.17, 15) is 4.79 Å². The van der Waals surface area contributed by atoms with Crippen LogP contribution in [0.3, 0.4) is 0 Å². The standard InChI is InChI=1S/C14H18ClNO2/c1-9(11-3-5-12(15)6-4-11)16-8-7-13(10(16)2)14(17)18/h3-6,9-10,13H,7-8H2,1-2H3,(H,17,18). The molecule has 0 aliphatic carbocycles. The number of carbonyl (C=O) groups is 1. The van der Waals surface area contributed by atoms with Gasteiger partial charge in [0.15, 0.2) is 0 Å². The molecule has 3 unspecified atom stereocenters. The highest BCUT2D eigenvalue weighted by Crippen LogP contribution is 2.32. The Labute approximate surface area is 112 Å². The maximum Gasteiger partial charge on any atom is 0.308 e. The molecule has 1 saturated heterocycles. The van der Waals surface area contributed by atoms with Crippen LogP contribution in [-0.2, 0) is 4.79 Å². The molecular weight excluding hydrogens is 250 g/mol. The highest BCUT2D eigenvalue weighted by atomic mass is 35.5. The second-order valence-corrected chi connectivity index (χ2v) is 5.38. The summed E-state index contributed by atoms with van der Waals surface area (Å²) >= 11 is 5.88. The molecule has 4 heteroatoms. The van der Waals surface area contributed by atoms with E-state index in [1.54, 1.807) is 0 Å². The minimum absolute atomic E-state index is 0.0770. The van der Waals surface area contributed by atoms with Crippen molar-refractivity contribution in [3.05, 3.63) is 34.9 Å². The normalized spacial score (nSPS) is 26.2. The van der Waals surface area contributed by atoms with E-state index in [1.807, 2.05) is 31.2 Å². The fourth-order valence-corrected chi connectivity index (χ4v) is 2.90. The zero-order chi connectivity index (χ0) is 13.3. The molecule has 0 spiro atoms. The quantitative estimate of drug-likeness (QED) is 0.914. The lowest BCUT2D eigenvalue weighted by molar-refractivity contribution is -0.142. The number of aliphatic carboxylic acids is 1. The molecule has 1 aromatic rings. The summed E-state index contributed by atoms with van der Waals surface area (Å²) in [5.74, 6) is -0.937. The maximum atomic E-state index is 11.1. The molecule has 0 amide bonds. The monoisotopic (exact) mass is 267 g/mol. The summed E-state index contributed by atoms with van der Waals surface area (Å²) < 4.78 is 0.